The highest BCUT2D eigenvalue weighted by Gasteiger charge is 2.22. The number of benzene rings is 5. The maximum absolute atomic E-state index is 13.9. The Hall–Kier alpha value is -5.45. The Morgan fingerprint density at radius 3 is 2.06 bits per heavy atom. The predicted molar refractivity (Wildman–Crippen MR) is 185 cm³/mol. The number of carbonyl (C=O) groups is 2. The molecule has 1 heterocycles. The molecule has 0 saturated heterocycles. The van der Waals surface area contributed by atoms with Gasteiger partial charge in [-0.1, -0.05) is 66.7 Å². The molecule has 0 aliphatic rings. The van der Waals surface area contributed by atoms with Gasteiger partial charge >= 0.3 is 0 Å². The molecule has 10 heteroatoms. The number of fused-ring (bicyclic) bond motifs is 1. The maximum Gasteiger partial charge on any atom is 0.264 e. The average Bonchev–Trinajstić information content (AvgIpc) is 3.51. The van der Waals surface area contributed by atoms with Crippen LogP contribution in [0.4, 0.5) is 14.5 Å². The Bertz CT molecular complexity index is 2180. The number of furan rings is 1. The first-order valence-electron chi connectivity index (χ1n) is 15.5. The summed E-state index contributed by atoms with van der Waals surface area (Å²) < 4.78 is 64.6. The zero-order valence-electron chi connectivity index (χ0n) is 26.1. The first-order valence-corrected chi connectivity index (χ1v) is 17.2. The van der Waals surface area contributed by atoms with Crippen LogP contribution in [0.5, 0.6) is 0 Å². The molecule has 0 bridgehead atoms. The van der Waals surface area contributed by atoms with Crippen LogP contribution in [0.3, 0.4) is 0 Å². The van der Waals surface area contributed by atoms with Crippen LogP contribution in [-0.4, -0.2) is 30.4 Å². The Morgan fingerprint density at radius 1 is 0.755 bits per heavy atom. The largest absolute Gasteiger partial charge is 0.456 e. The zero-order valence-corrected chi connectivity index (χ0v) is 26.9. The number of carbonyl (C=O) groups excluding carboxylic acids is 2. The second-order valence-electron chi connectivity index (χ2n) is 11.8. The van der Waals surface area contributed by atoms with Gasteiger partial charge in [0, 0.05) is 34.7 Å². The van der Waals surface area contributed by atoms with Crippen molar-refractivity contribution in [1.29, 1.82) is 0 Å². The first kappa shape index (κ1) is 33.5. The summed E-state index contributed by atoms with van der Waals surface area (Å²) in [5, 5.41) is 3.99. The number of para-hydroxylation sites is 1. The third kappa shape index (κ3) is 8.53. The molecule has 5 aromatic carbocycles. The van der Waals surface area contributed by atoms with Crippen molar-refractivity contribution in [2.24, 2.45) is 0 Å². The van der Waals surface area contributed by atoms with Gasteiger partial charge in [-0.2, -0.15) is 8.42 Å². The second-order valence-corrected chi connectivity index (χ2v) is 13.3. The molecule has 0 saturated carbocycles. The molecule has 2 N–H and O–H groups in total. The van der Waals surface area contributed by atoms with Gasteiger partial charge in [-0.25, -0.2) is 8.78 Å². The van der Waals surface area contributed by atoms with Crippen molar-refractivity contribution in [3.8, 4) is 22.5 Å². The highest BCUT2D eigenvalue weighted by Crippen LogP contribution is 2.31. The minimum absolute atomic E-state index is 0.000817. The Labute approximate surface area is 282 Å². The van der Waals surface area contributed by atoms with E-state index in [1.54, 1.807) is 60.7 Å². The van der Waals surface area contributed by atoms with E-state index in [0.717, 1.165) is 28.2 Å². The van der Waals surface area contributed by atoms with Crippen LogP contribution >= 0.6 is 0 Å². The van der Waals surface area contributed by atoms with E-state index in [9.17, 15) is 26.8 Å². The van der Waals surface area contributed by atoms with E-state index in [4.69, 9.17) is 8.97 Å². The van der Waals surface area contributed by atoms with Crippen molar-refractivity contribution >= 4 is 38.5 Å². The van der Waals surface area contributed by atoms with Crippen molar-refractivity contribution in [3.63, 3.8) is 0 Å². The number of rotatable bonds is 12. The van der Waals surface area contributed by atoms with E-state index in [2.05, 4.69) is 5.32 Å². The van der Waals surface area contributed by atoms with Gasteiger partial charge in [0.25, 0.3) is 10.1 Å². The fourth-order valence-electron chi connectivity index (χ4n) is 5.68. The number of hydrogen-bond acceptors (Lipinski definition) is 5. The molecule has 6 aromatic rings. The molecule has 1 atom stereocenters. The zero-order chi connectivity index (χ0) is 34.5. The molecular weight excluding hydrogens is 648 g/mol. The number of Topliss-reactive ketones (excluding diaryl/α,β-unsaturated/α-hetero) is 1. The summed E-state index contributed by atoms with van der Waals surface area (Å²) in [6.45, 7) is 0. The van der Waals surface area contributed by atoms with E-state index >= 15 is 0 Å². The molecule has 0 aliphatic heterocycles. The second kappa shape index (κ2) is 14.3. The molecule has 6 rings (SSSR count). The van der Waals surface area contributed by atoms with Crippen LogP contribution in [0.25, 0.3) is 33.4 Å². The number of hydrogen-bond donors (Lipinski definition) is 2. The fourth-order valence-corrected chi connectivity index (χ4v) is 6.19. The molecule has 1 aromatic heterocycles. The van der Waals surface area contributed by atoms with Gasteiger partial charge in [0.2, 0.25) is 5.91 Å². The number of ketones is 1. The quantitative estimate of drug-likeness (QED) is 0.0987. The van der Waals surface area contributed by atoms with Gasteiger partial charge in [0.05, 0.1) is 11.7 Å². The average molecular weight is 680 g/mol. The highest BCUT2D eigenvalue weighted by atomic mass is 32.2. The van der Waals surface area contributed by atoms with E-state index in [1.807, 2.05) is 42.5 Å². The lowest BCUT2D eigenvalue weighted by Crippen LogP contribution is -2.23. The molecule has 248 valence electrons. The van der Waals surface area contributed by atoms with Gasteiger partial charge in [-0.15, -0.1) is 0 Å². The van der Waals surface area contributed by atoms with Crippen LogP contribution in [0.15, 0.2) is 126 Å². The molecule has 49 heavy (non-hydrogen) atoms. The van der Waals surface area contributed by atoms with Crippen molar-refractivity contribution in [3.05, 3.63) is 150 Å². The number of halogens is 2. The summed E-state index contributed by atoms with van der Waals surface area (Å²) in [5.74, 6) is -2.40. The SMILES string of the molecule is O=C(CCCS(=O)(=O)O)c1ccc(CC(C(=O)Nc2ccc(-c3cc4ccccc4o3)cc2)c2ccc(-c3cc(F)cc(F)c3)cc2)cc1. The standard InChI is InChI=1S/C39H31F2NO6S/c40-32-21-31(22-33(41)24-32)26-11-13-27(14-12-26)35(20-25-7-9-28(10-8-25)36(43)5-3-19-49(45,46)47)39(44)42-34-17-15-29(16-18-34)38-23-30-4-1-2-6-37(30)48-38/h1-2,4,6-18,21-24,35H,3,5,19-20H2,(H,42,44)(H,45,46,47). The van der Waals surface area contributed by atoms with Gasteiger partial charge < -0.3 is 9.73 Å². The third-order valence-corrected chi connectivity index (χ3v) is 9.01. The number of amides is 1. The minimum Gasteiger partial charge on any atom is -0.456 e. The Balaban J connectivity index is 1.22. The molecule has 0 aliphatic carbocycles. The predicted octanol–water partition coefficient (Wildman–Crippen LogP) is 8.86. The molecule has 1 amide bonds. The number of anilines is 1. The summed E-state index contributed by atoms with van der Waals surface area (Å²) in [7, 11) is -4.15. The van der Waals surface area contributed by atoms with Gasteiger partial charge in [-0.3, -0.25) is 14.1 Å². The van der Waals surface area contributed by atoms with Crippen molar-refractivity contribution in [2.45, 2.75) is 25.2 Å². The molecule has 0 radical (unpaired) electrons. The molecular formula is C39H31F2NO6S. The van der Waals surface area contributed by atoms with Crippen molar-refractivity contribution in [2.75, 3.05) is 11.1 Å². The van der Waals surface area contributed by atoms with Gasteiger partial charge in [-0.05, 0) is 83.6 Å². The summed E-state index contributed by atoms with van der Waals surface area (Å²) >= 11 is 0. The molecule has 1 unspecified atom stereocenters. The normalized spacial score (nSPS) is 12.1. The lowest BCUT2D eigenvalue weighted by Gasteiger charge is -2.19. The van der Waals surface area contributed by atoms with Gasteiger partial charge in [0.1, 0.15) is 23.0 Å². The fraction of sp³-hybridized carbons (Fsp3) is 0.128. The molecule has 7 nitrogen and oxygen atoms in total. The lowest BCUT2D eigenvalue weighted by molar-refractivity contribution is -0.117. The van der Waals surface area contributed by atoms with E-state index in [0.29, 0.717) is 33.7 Å². The third-order valence-electron chi connectivity index (χ3n) is 8.21. The van der Waals surface area contributed by atoms with Crippen molar-refractivity contribution in [1.82, 2.24) is 0 Å². The topological polar surface area (TPSA) is 114 Å². The maximum atomic E-state index is 13.9. The summed E-state index contributed by atoms with van der Waals surface area (Å²) in [6, 6.07) is 33.9. The molecule has 0 spiro atoms. The summed E-state index contributed by atoms with van der Waals surface area (Å²) in [4.78, 5) is 26.4. The van der Waals surface area contributed by atoms with E-state index in [-0.39, 0.29) is 31.0 Å². The van der Waals surface area contributed by atoms with Crippen LogP contribution in [0.2, 0.25) is 0 Å². The van der Waals surface area contributed by atoms with Crippen LogP contribution in [0.1, 0.15) is 40.2 Å². The van der Waals surface area contributed by atoms with Crippen molar-refractivity contribution < 1.29 is 35.8 Å². The van der Waals surface area contributed by atoms with Gasteiger partial charge in [0.15, 0.2) is 5.78 Å². The first-order chi connectivity index (χ1) is 23.5. The van der Waals surface area contributed by atoms with E-state index < -0.39 is 33.4 Å². The smallest absolute Gasteiger partial charge is 0.264 e. The Morgan fingerprint density at radius 2 is 1.41 bits per heavy atom. The summed E-state index contributed by atoms with van der Waals surface area (Å²) in [5.41, 5.74) is 4.98. The number of nitrogens with one attached hydrogen (secondary N) is 1. The lowest BCUT2D eigenvalue weighted by atomic mass is 9.89. The van der Waals surface area contributed by atoms with Crippen LogP contribution in [0, 0.1) is 11.6 Å². The van der Waals surface area contributed by atoms with Crippen LogP contribution < -0.4 is 5.32 Å². The molecule has 0 fully saturated rings. The monoisotopic (exact) mass is 679 g/mol. The van der Waals surface area contributed by atoms with E-state index in [1.165, 1.54) is 12.1 Å². The Kier molecular flexibility index (Phi) is 9.80. The summed E-state index contributed by atoms with van der Waals surface area (Å²) in [6.07, 6.45) is 0.230. The van der Waals surface area contributed by atoms with Crippen LogP contribution in [-0.2, 0) is 21.3 Å². The minimum atomic E-state index is -4.15. The highest BCUT2D eigenvalue weighted by molar-refractivity contribution is 7.85.